The van der Waals surface area contributed by atoms with Crippen LogP contribution in [0.1, 0.15) is 32.1 Å². The van der Waals surface area contributed by atoms with Gasteiger partial charge in [-0.3, -0.25) is 9.59 Å². The van der Waals surface area contributed by atoms with Crippen LogP contribution in [0.3, 0.4) is 0 Å². The van der Waals surface area contributed by atoms with Gasteiger partial charge in [0.05, 0.1) is 5.52 Å². The van der Waals surface area contributed by atoms with E-state index in [2.05, 4.69) is 46.1 Å². The van der Waals surface area contributed by atoms with Crippen molar-refractivity contribution in [2.45, 2.75) is 55.5 Å². The predicted molar refractivity (Wildman–Crippen MR) is 184 cm³/mol. The molecule has 8 rings (SSSR count). The number of likely N-dealkylation sites (N-methyl/N-ethyl adjacent to an activating group) is 1. The molecule has 3 aromatic carbocycles. The largest absolute Gasteiger partial charge is 0.508 e. The molecule has 4 aliphatic rings. The van der Waals surface area contributed by atoms with Crippen molar-refractivity contribution in [2.75, 3.05) is 38.2 Å². The third-order valence-corrected chi connectivity index (χ3v) is 11.1. The second-order valence-electron chi connectivity index (χ2n) is 13.1. The molecule has 11 nitrogen and oxygen atoms in total. The first-order chi connectivity index (χ1) is 22.8. The molecule has 0 aliphatic carbocycles. The highest BCUT2D eigenvalue weighted by Crippen LogP contribution is 2.39. The Kier molecular flexibility index (Phi) is 7.64. The van der Waals surface area contributed by atoms with Crippen LogP contribution >= 0.6 is 11.8 Å². The summed E-state index contributed by atoms with van der Waals surface area (Å²) >= 11 is 1.18. The molecule has 4 aliphatic heterocycles. The number of fused-ring (bicyclic) bond motifs is 4. The molecule has 0 spiro atoms. The summed E-state index contributed by atoms with van der Waals surface area (Å²) in [5, 5.41) is 13.2. The summed E-state index contributed by atoms with van der Waals surface area (Å²) in [5.41, 5.74) is 8.36. The van der Waals surface area contributed by atoms with E-state index in [4.69, 9.17) is 20.4 Å². The number of nitrogens with zero attached hydrogens (tertiary/aromatic N) is 6. The van der Waals surface area contributed by atoms with Gasteiger partial charge in [0.2, 0.25) is 5.91 Å². The predicted octanol–water partition coefficient (Wildman–Crippen LogP) is 4.16. The van der Waals surface area contributed by atoms with E-state index in [1.807, 2.05) is 23.1 Å². The number of hydrogen-bond acceptors (Lipinski definition) is 10. The van der Waals surface area contributed by atoms with E-state index in [0.717, 1.165) is 70.8 Å². The number of piperazine rings is 1. The van der Waals surface area contributed by atoms with Gasteiger partial charge in [-0.05, 0) is 85.4 Å². The van der Waals surface area contributed by atoms with Crippen molar-refractivity contribution in [1.82, 2.24) is 19.8 Å². The van der Waals surface area contributed by atoms with Gasteiger partial charge in [-0.2, -0.15) is 15.0 Å². The van der Waals surface area contributed by atoms with Crippen molar-refractivity contribution in [3.63, 3.8) is 0 Å². The lowest BCUT2D eigenvalue weighted by atomic mass is 9.97. The fourth-order valence-corrected chi connectivity index (χ4v) is 8.55. The zero-order valence-corrected chi connectivity index (χ0v) is 27.0. The molecule has 3 unspecified atom stereocenters. The van der Waals surface area contributed by atoms with E-state index in [9.17, 15) is 14.7 Å². The highest BCUT2D eigenvalue weighted by Gasteiger charge is 2.44. The Morgan fingerprint density at radius 2 is 1.85 bits per heavy atom. The molecular formula is C35H37N7O4S. The minimum atomic E-state index is -0.540. The first-order valence-corrected chi connectivity index (χ1v) is 17.2. The number of amidine groups is 1. The Morgan fingerprint density at radius 1 is 1.04 bits per heavy atom. The van der Waals surface area contributed by atoms with Crippen LogP contribution in [-0.2, 0) is 9.59 Å². The monoisotopic (exact) mass is 651 g/mol. The number of rotatable bonds is 7. The third kappa shape index (κ3) is 5.63. The van der Waals surface area contributed by atoms with Gasteiger partial charge < -0.3 is 30.3 Å². The van der Waals surface area contributed by atoms with Gasteiger partial charge >= 0.3 is 6.01 Å². The molecule has 0 saturated carbocycles. The summed E-state index contributed by atoms with van der Waals surface area (Å²) in [6.07, 6.45) is 4.13. The van der Waals surface area contributed by atoms with Crippen LogP contribution in [0, 0.1) is 0 Å². The number of carbonyl (C=O) groups is 2. The highest BCUT2D eigenvalue weighted by atomic mass is 32.2. The van der Waals surface area contributed by atoms with Crippen LogP contribution < -0.4 is 15.4 Å². The van der Waals surface area contributed by atoms with Crippen molar-refractivity contribution in [3.05, 3.63) is 54.6 Å². The molecule has 5 heterocycles. The van der Waals surface area contributed by atoms with Crippen molar-refractivity contribution < 1.29 is 19.4 Å². The minimum Gasteiger partial charge on any atom is -0.508 e. The highest BCUT2D eigenvalue weighted by molar-refractivity contribution is 8.15. The Balaban J connectivity index is 1.12. The summed E-state index contributed by atoms with van der Waals surface area (Å²) in [7, 11) is 2.12. The number of aromatic hydroxyl groups is 1. The number of phenols is 1. The van der Waals surface area contributed by atoms with E-state index in [1.54, 1.807) is 12.1 Å². The average molecular weight is 652 g/mol. The molecule has 4 aromatic rings. The number of ether oxygens (including phenoxy) is 1. The fraction of sp³-hybridized carbons (Fsp3) is 0.400. The molecular weight excluding hydrogens is 614 g/mol. The Bertz CT molecular complexity index is 1920. The molecule has 1 aromatic heterocycles. The molecule has 0 radical (unpaired) electrons. The average Bonchev–Trinajstić information content (AvgIpc) is 3.71. The van der Waals surface area contributed by atoms with Crippen molar-refractivity contribution in [3.8, 4) is 22.9 Å². The molecule has 3 N–H and O–H groups in total. The molecule has 12 heteroatoms. The number of aliphatic imine (C=N–C) groups is 1. The number of thioether (sulfide) groups is 1. The Labute approximate surface area is 276 Å². The summed E-state index contributed by atoms with van der Waals surface area (Å²) < 4.78 is 6.31. The number of anilines is 1. The third-order valence-electron chi connectivity index (χ3n) is 10.1. The normalized spacial score (nSPS) is 24.4. The molecule has 3 fully saturated rings. The Morgan fingerprint density at radius 3 is 2.60 bits per heavy atom. The van der Waals surface area contributed by atoms with Crippen LogP contribution in [0.15, 0.2) is 59.6 Å². The van der Waals surface area contributed by atoms with Gasteiger partial charge in [-0.1, -0.05) is 42.1 Å². The van der Waals surface area contributed by atoms with E-state index >= 15 is 0 Å². The van der Waals surface area contributed by atoms with E-state index < -0.39 is 5.25 Å². The van der Waals surface area contributed by atoms with Crippen LogP contribution in [0.4, 0.5) is 5.82 Å². The van der Waals surface area contributed by atoms with Gasteiger partial charge in [0.1, 0.15) is 23.4 Å². The SMILES string of the molecule is CN1CCC[C@H]1COc1nc(N2CC3CCC(C2)N3C(=O)CC2SC(N)=NC2=O)c2ccc(-c3cc(O)cc4ccccc34)cc2n1. The Hall–Kier alpha value is -4.42. The van der Waals surface area contributed by atoms with Crippen LogP contribution in [0.25, 0.3) is 32.8 Å². The maximum atomic E-state index is 13.5. The lowest BCUT2D eigenvalue weighted by molar-refractivity contribution is -0.135. The standard InChI is InChI=1S/C35H37N7O4S/c1-40-12-4-6-24(40)19-46-35-37-29-14-21(28-15-25(43)13-20-5-2-3-7-26(20)28)8-11-27(29)32(38-35)41-17-22-9-10-23(18-41)42(22)31(44)16-30-33(45)39-34(36)47-30/h2-3,5,7-8,11,13-15,22-24,30,43H,4,6,9-10,12,16-19H2,1H3,(H2,36,39,45)/t22?,23?,24-,30?/m0/s1. The van der Waals surface area contributed by atoms with Gasteiger partial charge in [-0.25, -0.2) is 0 Å². The van der Waals surface area contributed by atoms with E-state index in [0.29, 0.717) is 31.7 Å². The van der Waals surface area contributed by atoms with Gasteiger partial charge in [-0.15, -0.1) is 0 Å². The number of aromatic nitrogens is 2. The fourth-order valence-electron chi connectivity index (χ4n) is 7.74. The van der Waals surface area contributed by atoms with Crippen LogP contribution in [0.5, 0.6) is 11.8 Å². The van der Waals surface area contributed by atoms with Crippen molar-refractivity contribution >= 4 is 56.2 Å². The van der Waals surface area contributed by atoms with Crippen molar-refractivity contribution in [2.24, 2.45) is 10.7 Å². The molecule has 2 amide bonds. The van der Waals surface area contributed by atoms with Crippen LogP contribution in [0.2, 0.25) is 0 Å². The first-order valence-electron chi connectivity index (χ1n) is 16.3. The summed E-state index contributed by atoms with van der Waals surface area (Å²) in [6, 6.07) is 18.5. The zero-order valence-electron chi connectivity index (χ0n) is 26.2. The number of nitrogens with two attached hydrogens (primary N) is 1. The van der Waals surface area contributed by atoms with Gasteiger partial charge in [0.15, 0.2) is 5.17 Å². The topological polar surface area (TPSA) is 137 Å². The number of benzene rings is 3. The van der Waals surface area contributed by atoms with E-state index in [-0.39, 0.29) is 41.2 Å². The molecule has 47 heavy (non-hydrogen) atoms. The number of hydrogen-bond donors (Lipinski definition) is 2. The van der Waals surface area contributed by atoms with Crippen molar-refractivity contribution in [1.29, 1.82) is 0 Å². The minimum absolute atomic E-state index is 0.0143. The summed E-state index contributed by atoms with van der Waals surface area (Å²) in [6.45, 7) is 2.82. The lowest BCUT2D eigenvalue weighted by Gasteiger charge is -2.42. The lowest BCUT2D eigenvalue weighted by Crippen LogP contribution is -2.56. The molecule has 242 valence electrons. The molecule has 3 saturated heterocycles. The smallest absolute Gasteiger partial charge is 0.319 e. The summed E-state index contributed by atoms with van der Waals surface area (Å²) in [5.74, 6) is 0.660. The maximum Gasteiger partial charge on any atom is 0.319 e. The summed E-state index contributed by atoms with van der Waals surface area (Å²) in [4.78, 5) is 46.0. The number of carbonyl (C=O) groups excluding carboxylic acids is 2. The quantitative estimate of drug-likeness (QED) is 0.300. The van der Waals surface area contributed by atoms with Gasteiger partial charge in [0, 0.05) is 43.0 Å². The van der Waals surface area contributed by atoms with E-state index in [1.165, 1.54) is 11.8 Å². The number of amides is 2. The maximum absolute atomic E-state index is 13.5. The zero-order chi connectivity index (χ0) is 32.2. The second-order valence-corrected chi connectivity index (χ2v) is 14.3. The molecule has 4 atom stereocenters. The van der Waals surface area contributed by atoms with Gasteiger partial charge in [0.25, 0.3) is 5.91 Å². The first kappa shape index (κ1) is 29.9. The molecule has 2 bridgehead atoms. The number of phenolic OH excluding ortho intramolecular Hbond substituents is 1. The van der Waals surface area contributed by atoms with Crippen LogP contribution in [-0.4, -0.2) is 98.5 Å². The number of likely N-dealkylation sites (tertiary alicyclic amines) is 1. The second kappa shape index (κ2) is 12.0.